The molecule has 0 aliphatic carbocycles. The first-order valence-electron chi connectivity index (χ1n) is 8.22. The highest BCUT2D eigenvalue weighted by molar-refractivity contribution is 5.80. The number of carbonyl (C=O) groups is 1. The molecule has 1 heterocycles. The lowest BCUT2D eigenvalue weighted by Gasteiger charge is -2.11. The fraction of sp³-hybridized carbons (Fsp3) is 0.190. The molecule has 6 nitrogen and oxygen atoms in total. The van der Waals surface area contributed by atoms with Gasteiger partial charge in [0, 0.05) is 16.7 Å². The van der Waals surface area contributed by atoms with Gasteiger partial charge in [0.25, 0.3) is 5.91 Å². The number of aliphatic hydroxyl groups is 2. The molecule has 1 saturated heterocycles. The molecule has 4 atom stereocenters. The third kappa shape index (κ3) is 4.53. The summed E-state index contributed by atoms with van der Waals surface area (Å²) in [5.41, 5.74) is 3.81. The molecule has 3 rings (SSSR count). The highest BCUT2D eigenvalue weighted by Crippen LogP contribution is 2.21. The molecule has 1 aliphatic rings. The van der Waals surface area contributed by atoms with E-state index in [-0.39, 0.29) is 0 Å². The van der Waals surface area contributed by atoms with Gasteiger partial charge in [0.05, 0.1) is 0 Å². The fourth-order valence-corrected chi connectivity index (χ4v) is 2.53. The largest absolute Gasteiger partial charge is 0.387 e. The Morgan fingerprint density at radius 1 is 0.852 bits per heavy atom. The van der Waals surface area contributed by atoms with Gasteiger partial charge in [-0.15, -0.1) is 0 Å². The average Bonchev–Trinajstić information content (AvgIpc) is 3.00. The molecule has 1 fully saturated rings. The van der Waals surface area contributed by atoms with Crippen molar-refractivity contribution in [3.8, 4) is 23.7 Å². The first-order chi connectivity index (χ1) is 13.1. The van der Waals surface area contributed by atoms with E-state index in [1.807, 2.05) is 42.5 Å². The Hall–Kier alpha value is -3.13. The molecule has 2 aromatic rings. The Morgan fingerprint density at radius 3 is 2.00 bits per heavy atom. The molecular weight excluding hydrogens is 346 g/mol. The molecule has 136 valence electrons. The summed E-state index contributed by atoms with van der Waals surface area (Å²) in [6.45, 7) is 0. The Balaban J connectivity index is 1.68. The number of hydrogen-bond donors (Lipinski definition) is 4. The van der Waals surface area contributed by atoms with Crippen molar-refractivity contribution in [1.82, 2.24) is 5.48 Å². The van der Waals surface area contributed by atoms with E-state index in [0.29, 0.717) is 5.56 Å². The number of hydrogen-bond acceptors (Lipinski definition) is 5. The number of benzene rings is 2. The first-order valence-corrected chi connectivity index (χ1v) is 8.22. The van der Waals surface area contributed by atoms with Gasteiger partial charge in [-0.1, -0.05) is 41.9 Å². The normalized spacial score (nSPS) is 23.5. The predicted octanol–water partition coefficient (Wildman–Crippen LogP) is 0.432. The standard InChI is InChI=1S/C21H17NO5/c23-18-17(27-20(19(18)24)21(25)22-26)13-12-16-10-8-15(9-11-16)7-6-14-4-2-1-3-5-14/h1-5,8-11,17-20,23-24,26H,(H,22,25)/t17-,18-,19-,20+/m1/s1. The zero-order valence-electron chi connectivity index (χ0n) is 14.2. The van der Waals surface area contributed by atoms with Crippen LogP contribution in [0.1, 0.15) is 16.7 Å². The van der Waals surface area contributed by atoms with Crippen molar-refractivity contribution >= 4 is 5.91 Å². The van der Waals surface area contributed by atoms with Crippen LogP contribution in [0.15, 0.2) is 54.6 Å². The number of nitrogens with one attached hydrogen (secondary N) is 1. The third-order valence-electron chi connectivity index (χ3n) is 4.00. The van der Waals surface area contributed by atoms with E-state index in [1.54, 1.807) is 12.1 Å². The second-order valence-electron chi connectivity index (χ2n) is 5.90. The lowest BCUT2D eigenvalue weighted by atomic mass is 10.1. The van der Waals surface area contributed by atoms with E-state index in [4.69, 9.17) is 9.94 Å². The van der Waals surface area contributed by atoms with Gasteiger partial charge in [-0.05, 0) is 36.4 Å². The molecule has 0 spiro atoms. The second kappa shape index (κ2) is 8.50. The summed E-state index contributed by atoms with van der Waals surface area (Å²) in [4.78, 5) is 11.4. The molecule has 6 heteroatoms. The Morgan fingerprint density at radius 2 is 1.41 bits per heavy atom. The van der Waals surface area contributed by atoms with Crippen molar-refractivity contribution in [3.05, 3.63) is 71.3 Å². The molecule has 2 aromatic carbocycles. The minimum Gasteiger partial charge on any atom is -0.387 e. The highest BCUT2D eigenvalue weighted by Gasteiger charge is 2.45. The van der Waals surface area contributed by atoms with Crippen molar-refractivity contribution < 1.29 is 25.0 Å². The van der Waals surface area contributed by atoms with Gasteiger partial charge in [-0.25, -0.2) is 5.48 Å². The van der Waals surface area contributed by atoms with Crippen LogP contribution in [0.3, 0.4) is 0 Å². The second-order valence-corrected chi connectivity index (χ2v) is 5.90. The van der Waals surface area contributed by atoms with Crippen molar-refractivity contribution in [2.75, 3.05) is 0 Å². The molecule has 27 heavy (non-hydrogen) atoms. The number of ether oxygens (including phenoxy) is 1. The van der Waals surface area contributed by atoms with Crippen LogP contribution in [0.5, 0.6) is 0 Å². The minimum atomic E-state index is -1.47. The molecule has 0 radical (unpaired) electrons. The maximum Gasteiger partial charge on any atom is 0.275 e. The number of aliphatic hydroxyl groups excluding tert-OH is 2. The Labute approximate surface area is 156 Å². The first kappa shape index (κ1) is 18.7. The van der Waals surface area contributed by atoms with E-state index < -0.39 is 30.3 Å². The predicted molar refractivity (Wildman–Crippen MR) is 96.3 cm³/mol. The van der Waals surface area contributed by atoms with Gasteiger partial charge in [-0.2, -0.15) is 0 Å². The van der Waals surface area contributed by atoms with Gasteiger partial charge < -0.3 is 14.9 Å². The van der Waals surface area contributed by atoms with E-state index in [2.05, 4.69) is 23.7 Å². The summed E-state index contributed by atoms with van der Waals surface area (Å²) in [6.07, 6.45) is -5.23. The summed E-state index contributed by atoms with van der Waals surface area (Å²) < 4.78 is 5.20. The van der Waals surface area contributed by atoms with Crippen molar-refractivity contribution in [2.45, 2.75) is 24.4 Å². The van der Waals surface area contributed by atoms with Gasteiger partial charge >= 0.3 is 0 Å². The maximum atomic E-state index is 11.4. The molecule has 0 saturated carbocycles. The van der Waals surface area contributed by atoms with E-state index in [9.17, 15) is 15.0 Å². The summed E-state index contributed by atoms with van der Waals surface area (Å²) in [6, 6.07) is 16.8. The van der Waals surface area contributed by atoms with Crippen LogP contribution in [0.25, 0.3) is 0 Å². The summed E-state index contributed by atoms with van der Waals surface area (Å²) >= 11 is 0. The molecule has 4 N–H and O–H groups in total. The van der Waals surface area contributed by atoms with Crippen LogP contribution in [-0.4, -0.2) is 45.7 Å². The molecule has 0 bridgehead atoms. The lowest BCUT2D eigenvalue weighted by molar-refractivity contribution is -0.143. The van der Waals surface area contributed by atoms with Gasteiger partial charge in [-0.3, -0.25) is 10.0 Å². The van der Waals surface area contributed by atoms with Crippen LogP contribution < -0.4 is 5.48 Å². The van der Waals surface area contributed by atoms with Crippen LogP contribution in [0, 0.1) is 23.7 Å². The van der Waals surface area contributed by atoms with Crippen LogP contribution in [-0.2, 0) is 9.53 Å². The topological polar surface area (TPSA) is 99.0 Å². The van der Waals surface area contributed by atoms with Gasteiger partial charge in [0.1, 0.15) is 18.3 Å². The van der Waals surface area contributed by atoms with Gasteiger partial charge in [0.2, 0.25) is 0 Å². The van der Waals surface area contributed by atoms with Crippen molar-refractivity contribution in [1.29, 1.82) is 0 Å². The Kier molecular flexibility index (Phi) is 5.87. The SMILES string of the molecule is O=C(NO)[C@H]1O[C@H](C#Cc2ccc(C#Cc3ccccc3)cc2)[C@@H](O)[C@H]1O. The Bertz CT molecular complexity index is 918. The maximum absolute atomic E-state index is 11.4. The van der Waals surface area contributed by atoms with Crippen LogP contribution in [0.4, 0.5) is 0 Å². The highest BCUT2D eigenvalue weighted by atomic mass is 16.6. The molecule has 0 unspecified atom stereocenters. The van der Waals surface area contributed by atoms with Crippen molar-refractivity contribution in [3.63, 3.8) is 0 Å². The number of rotatable bonds is 1. The molecular formula is C21H17NO5. The number of carbonyl (C=O) groups excluding carboxylic acids is 1. The van der Waals surface area contributed by atoms with E-state index in [1.165, 1.54) is 5.48 Å². The molecule has 0 aromatic heterocycles. The van der Waals surface area contributed by atoms with E-state index >= 15 is 0 Å². The van der Waals surface area contributed by atoms with E-state index in [0.717, 1.165) is 11.1 Å². The third-order valence-corrected chi connectivity index (χ3v) is 4.00. The van der Waals surface area contributed by atoms with Crippen molar-refractivity contribution in [2.24, 2.45) is 0 Å². The number of amides is 1. The summed E-state index contributed by atoms with van der Waals surface area (Å²) in [7, 11) is 0. The fourth-order valence-electron chi connectivity index (χ4n) is 2.53. The quantitative estimate of drug-likeness (QED) is 0.335. The molecule has 1 aliphatic heterocycles. The monoisotopic (exact) mass is 363 g/mol. The summed E-state index contributed by atoms with van der Waals surface area (Å²) in [5.74, 6) is 10.7. The lowest BCUT2D eigenvalue weighted by Crippen LogP contribution is -2.41. The van der Waals surface area contributed by atoms with Crippen LogP contribution in [0.2, 0.25) is 0 Å². The van der Waals surface area contributed by atoms with Gasteiger partial charge in [0.15, 0.2) is 6.10 Å². The zero-order chi connectivity index (χ0) is 19.2. The summed E-state index contributed by atoms with van der Waals surface area (Å²) in [5, 5.41) is 28.3. The average molecular weight is 363 g/mol. The number of hydroxylamine groups is 1. The minimum absolute atomic E-state index is 0.667. The zero-order valence-corrected chi connectivity index (χ0v) is 14.2. The smallest absolute Gasteiger partial charge is 0.275 e. The molecule has 1 amide bonds. The van der Waals surface area contributed by atoms with Crippen LogP contribution >= 0.6 is 0 Å².